The molecule has 0 saturated heterocycles. The molecule has 3 N–H and O–H groups in total. The maximum atomic E-state index is 11.3. The van der Waals surface area contributed by atoms with Crippen LogP contribution in [0.4, 0.5) is 11.9 Å². The van der Waals surface area contributed by atoms with Crippen LogP contribution in [0.5, 0.6) is 5.75 Å². The first-order chi connectivity index (χ1) is 16.1. The van der Waals surface area contributed by atoms with Gasteiger partial charge >= 0.3 is 5.97 Å². The topological polar surface area (TPSA) is 143 Å². The van der Waals surface area contributed by atoms with E-state index in [1.165, 1.54) is 4.52 Å². The molecular weight excluding hydrogens is 426 g/mol. The zero-order valence-electron chi connectivity index (χ0n) is 18.2. The predicted molar refractivity (Wildman–Crippen MR) is 121 cm³/mol. The lowest BCUT2D eigenvalue weighted by Gasteiger charge is -2.08. The fourth-order valence-electron chi connectivity index (χ4n) is 3.11. The Balaban J connectivity index is 1.26. The summed E-state index contributed by atoms with van der Waals surface area (Å²) < 4.78 is 17.2. The van der Waals surface area contributed by atoms with Crippen molar-refractivity contribution < 1.29 is 18.7 Å². The van der Waals surface area contributed by atoms with Gasteiger partial charge in [-0.1, -0.05) is 12.1 Å². The summed E-state index contributed by atoms with van der Waals surface area (Å²) in [5.74, 6) is 2.37. The van der Waals surface area contributed by atoms with Crippen molar-refractivity contribution in [1.82, 2.24) is 24.6 Å². The van der Waals surface area contributed by atoms with Crippen molar-refractivity contribution >= 4 is 23.6 Å². The number of nitrogens with one attached hydrogen (secondary N) is 1. The maximum absolute atomic E-state index is 11.3. The third kappa shape index (κ3) is 5.76. The lowest BCUT2D eigenvalue weighted by molar-refractivity contribution is -0.143. The van der Waals surface area contributed by atoms with E-state index in [0.717, 1.165) is 17.7 Å². The molecule has 0 amide bonds. The van der Waals surface area contributed by atoms with Gasteiger partial charge in [0, 0.05) is 13.0 Å². The number of anilines is 2. The van der Waals surface area contributed by atoms with E-state index in [2.05, 4.69) is 25.4 Å². The Bertz CT molecular complexity index is 1190. The standard InChI is InChI=1S/C22H25N7O4/c1-2-31-18(30)6-4-13-32-16-9-7-15(8-10-16)11-12-24-21-26-20(23)29-22(27-21)25-19(28-29)17-5-3-14-33-17/h3,5,7-10,14H,2,4,6,11-13H2,1H3,(H3,23,24,25,26,27,28). The Kier molecular flexibility index (Phi) is 6.98. The monoisotopic (exact) mass is 451 g/mol. The molecule has 0 radical (unpaired) electrons. The Morgan fingerprint density at radius 1 is 1.18 bits per heavy atom. The number of hydrogen-bond acceptors (Lipinski definition) is 10. The molecule has 1 aromatic carbocycles. The van der Waals surface area contributed by atoms with Gasteiger partial charge in [-0.3, -0.25) is 4.79 Å². The molecule has 11 nitrogen and oxygen atoms in total. The Hall–Kier alpha value is -4.15. The Morgan fingerprint density at radius 3 is 2.79 bits per heavy atom. The van der Waals surface area contributed by atoms with Crippen LogP contribution in [0.25, 0.3) is 17.4 Å². The average molecular weight is 451 g/mol. The van der Waals surface area contributed by atoms with Crippen molar-refractivity contribution in [2.75, 3.05) is 30.8 Å². The number of furan rings is 1. The van der Waals surface area contributed by atoms with Crippen molar-refractivity contribution in [2.24, 2.45) is 0 Å². The van der Waals surface area contributed by atoms with Gasteiger partial charge in [0.2, 0.25) is 17.7 Å². The van der Waals surface area contributed by atoms with Gasteiger partial charge in [-0.25, -0.2) is 0 Å². The number of rotatable bonds is 11. The molecule has 0 atom stereocenters. The second-order valence-corrected chi connectivity index (χ2v) is 7.11. The number of nitrogens with two attached hydrogens (primary N) is 1. The van der Waals surface area contributed by atoms with E-state index in [0.29, 0.717) is 55.9 Å². The summed E-state index contributed by atoms with van der Waals surface area (Å²) in [4.78, 5) is 24.3. The third-order valence-electron chi connectivity index (χ3n) is 4.69. The van der Waals surface area contributed by atoms with Crippen LogP contribution >= 0.6 is 0 Å². The fourth-order valence-corrected chi connectivity index (χ4v) is 3.11. The maximum Gasteiger partial charge on any atom is 0.305 e. The molecule has 0 saturated carbocycles. The summed E-state index contributed by atoms with van der Waals surface area (Å²) in [6.07, 6.45) is 3.28. The number of ether oxygens (including phenoxy) is 2. The number of benzene rings is 1. The van der Waals surface area contributed by atoms with E-state index in [1.807, 2.05) is 24.3 Å². The van der Waals surface area contributed by atoms with Crippen molar-refractivity contribution in [3.63, 3.8) is 0 Å². The molecule has 172 valence electrons. The molecular formula is C22H25N7O4. The van der Waals surface area contributed by atoms with Crippen LogP contribution in [-0.4, -0.2) is 50.3 Å². The van der Waals surface area contributed by atoms with Crippen LogP contribution in [0.3, 0.4) is 0 Å². The van der Waals surface area contributed by atoms with Gasteiger partial charge in [-0.05, 0) is 49.6 Å². The van der Waals surface area contributed by atoms with E-state index in [-0.39, 0.29) is 11.9 Å². The van der Waals surface area contributed by atoms with Crippen LogP contribution in [0.15, 0.2) is 47.1 Å². The quantitative estimate of drug-likeness (QED) is 0.258. The zero-order valence-corrected chi connectivity index (χ0v) is 18.2. The van der Waals surface area contributed by atoms with Crippen molar-refractivity contribution in [3.05, 3.63) is 48.2 Å². The minimum atomic E-state index is -0.198. The molecule has 0 spiro atoms. The summed E-state index contributed by atoms with van der Waals surface area (Å²) in [6.45, 7) is 3.26. The van der Waals surface area contributed by atoms with Gasteiger partial charge in [0.25, 0.3) is 5.78 Å². The van der Waals surface area contributed by atoms with Gasteiger partial charge < -0.3 is 24.9 Å². The molecule has 0 bridgehead atoms. The number of aromatic nitrogens is 5. The van der Waals surface area contributed by atoms with E-state index in [4.69, 9.17) is 19.6 Å². The summed E-state index contributed by atoms with van der Waals surface area (Å²) in [7, 11) is 0. The van der Waals surface area contributed by atoms with Crippen molar-refractivity contribution in [2.45, 2.75) is 26.2 Å². The van der Waals surface area contributed by atoms with Gasteiger partial charge in [0.1, 0.15) is 5.75 Å². The van der Waals surface area contributed by atoms with Crippen LogP contribution in [-0.2, 0) is 16.0 Å². The fraction of sp³-hybridized carbons (Fsp3) is 0.318. The minimum Gasteiger partial charge on any atom is -0.494 e. The van der Waals surface area contributed by atoms with Crippen molar-refractivity contribution in [1.29, 1.82) is 0 Å². The second kappa shape index (κ2) is 10.4. The number of nitrogens with zero attached hydrogens (tertiary/aromatic N) is 5. The first kappa shape index (κ1) is 22.1. The van der Waals surface area contributed by atoms with E-state index in [1.54, 1.807) is 25.3 Å². The molecule has 3 aromatic heterocycles. The SMILES string of the molecule is CCOC(=O)CCCOc1ccc(CCNc2nc(N)n3nc(-c4ccco4)nc3n2)cc1. The molecule has 0 unspecified atom stereocenters. The number of carbonyl (C=O) groups excluding carboxylic acids is 1. The van der Waals surface area contributed by atoms with E-state index in [9.17, 15) is 4.79 Å². The van der Waals surface area contributed by atoms with Crippen LogP contribution in [0.1, 0.15) is 25.3 Å². The lowest BCUT2D eigenvalue weighted by Crippen LogP contribution is -2.12. The molecule has 11 heteroatoms. The van der Waals surface area contributed by atoms with Gasteiger partial charge in [-0.15, -0.1) is 5.10 Å². The smallest absolute Gasteiger partial charge is 0.305 e. The van der Waals surface area contributed by atoms with Crippen LogP contribution in [0, 0.1) is 0 Å². The molecule has 0 aliphatic rings. The number of hydrogen-bond donors (Lipinski definition) is 2. The first-order valence-corrected chi connectivity index (χ1v) is 10.7. The van der Waals surface area contributed by atoms with Gasteiger partial charge in [0.05, 0.1) is 19.5 Å². The highest BCUT2D eigenvalue weighted by atomic mass is 16.5. The zero-order chi connectivity index (χ0) is 23.0. The predicted octanol–water partition coefficient (Wildman–Crippen LogP) is 2.74. The first-order valence-electron chi connectivity index (χ1n) is 10.7. The molecule has 4 aromatic rings. The van der Waals surface area contributed by atoms with Crippen molar-refractivity contribution in [3.8, 4) is 17.3 Å². The Morgan fingerprint density at radius 2 is 2.03 bits per heavy atom. The third-order valence-corrected chi connectivity index (χ3v) is 4.69. The normalized spacial score (nSPS) is 10.9. The van der Waals surface area contributed by atoms with Gasteiger partial charge in [0.15, 0.2) is 5.76 Å². The molecule has 0 fully saturated rings. The molecule has 3 heterocycles. The van der Waals surface area contributed by atoms with Crippen LogP contribution in [0.2, 0.25) is 0 Å². The number of fused-ring (bicyclic) bond motifs is 1. The highest BCUT2D eigenvalue weighted by Crippen LogP contribution is 2.18. The molecule has 33 heavy (non-hydrogen) atoms. The number of carbonyl (C=O) groups is 1. The summed E-state index contributed by atoms with van der Waals surface area (Å²) >= 11 is 0. The molecule has 0 aliphatic heterocycles. The summed E-state index contributed by atoms with van der Waals surface area (Å²) in [6, 6.07) is 11.3. The van der Waals surface area contributed by atoms with E-state index >= 15 is 0 Å². The second-order valence-electron chi connectivity index (χ2n) is 7.11. The number of esters is 1. The van der Waals surface area contributed by atoms with Gasteiger partial charge in [-0.2, -0.15) is 19.5 Å². The summed E-state index contributed by atoms with van der Waals surface area (Å²) in [5, 5.41) is 7.44. The lowest BCUT2D eigenvalue weighted by atomic mass is 10.1. The molecule has 0 aliphatic carbocycles. The average Bonchev–Trinajstić information content (AvgIpc) is 3.48. The number of nitrogen functional groups attached to an aromatic ring is 1. The highest BCUT2D eigenvalue weighted by Gasteiger charge is 2.13. The highest BCUT2D eigenvalue weighted by molar-refractivity contribution is 5.69. The molecule has 4 rings (SSSR count). The Labute approximate surface area is 190 Å². The largest absolute Gasteiger partial charge is 0.494 e. The van der Waals surface area contributed by atoms with E-state index < -0.39 is 0 Å². The summed E-state index contributed by atoms with van der Waals surface area (Å²) in [5.41, 5.74) is 7.13. The van der Waals surface area contributed by atoms with Crippen LogP contribution < -0.4 is 15.8 Å². The minimum absolute atomic E-state index is 0.178.